The van der Waals surface area contributed by atoms with E-state index in [1.165, 1.54) is 16.8 Å². The van der Waals surface area contributed by atoms with Gasteiger partial charge < -0.3 is 5.32 Å². The van der Waals surface area contributed by atoms with Gasteiger partial charge in [0.05, 0.1) is 15.7 Å². The third kappa shape index (κ3) is 4.04. The second-order valence-corrected chi connectivity index (χ2v) is 9.70. The number of amides is 1. The van der Waals surface area contributed by atoms with Crippen LogP contribution in [0.25, 0.3) is 0 Å². The van der Waals surface area contributed by atoms with Gasteiger partial charge in [-0.05, 0) is 45.2 Å². The molecule has 0 aliphatic carbocycles. The van der Waals surface area contributed by atoms with Gasteiger partial charge in [0, 0.05) is 26.1 Å². The lowest BCUT2D eigenvalue weighted by Gasteiger charge is -2.13. The van der Waals surface area contributed by atoms with Crippen LogP contribution in [0, 0.1) is 0 Å². The van der Waals surface area contributed by atoms with Crippen LogP contribution in [0.1, 0.15) is 49.3 Å². The highest BCUT2D eigenvalue weighted by molar-refractivity contribution is 7.92. The summed E-state index contributed by atoms with van der Waals surface area (Å²) in [4.78, 5) is 24.8. The number of sulfone groups is 1. The molecule has 152 valence electrons. The van der Waals surface area contributed by atoms with E-state index >= 15 is 0 Å². The first-order chi connectivity index (χ1) is 13.3. The average molecular weight is 407 g/mol. The summed E-state index contributed by atoms with van der Waals surface area (Å²) < 4.78 is 28.1. The Labute approximate surface area is 164 Å². The van der Waals surface area contributed by atoms with E-state index in [1.54, 1.807) is 30.5 Å². The van der Waals surface area contributed by atoms with Gasteiger partial charge in [-0.3, -0.25) is 9.36 Å². The van der Waals surface area contributed by atoms with E-state index in [4.69, 9.17) is 0 Å². The molecule has 1 aliphatic heterocycles. The molecule has 1 aliphatic rings. The van der Waals surface area contributed by atoms with Crippen LogP contribution in [0.15, 0.2) is 34.0 Å². The lowest BCUT2D eigenvalue weighted by Crippen LogP contribution is -2.30. The minimum Gasteiger partial charge on any atom is -0.352 e. The number of hydrogen-bond donors (Lipinski definition) is 1. The summed E-state index contributed by atoms with van der Waals surface area (Å²) in [5.41, 5.74) is 0.0419. The molecule has 0 spiro atoms. The molecule has 8 nitrogen and oxygen atoms in total. The second kappa shape index (κ2) is 8.30. The van der Waals surface area contributed by atoms with Gasteiger partial charge in [-0.2, -0.15) is 5.10 Å². The molecule has 0 unspecified atom stereocenters. The van der Waals surface area contributed by atoms with Crippen molar-refractivity contribution in [3.8, 4) is 0 Å². The number of aryl methyl sites for hydroxylation is 2. The predicted octanol–water partition coefficient (Wildman–Crippen LogP) is 1.38. The van der Waals surface area contributed by atoms with Crippen molar-refractivity contribution in [1.29, 1.82) is 0 Å². The Morgan fingerprint density at radius 1 is 1.25 bits per heavy atom. The van der Waals surface area contributed by atoms with Crippen molar-refractivity contribution in [3.05, 3.63) is 46.1 Å². The molecule has 1 amide bonds. The van der Waals surface area contributed by atoms with E-state index in [-0.39, 0.29) is 16.1 Å². The van der Waals surface area contributed by atoms with Gasteiger partial charge in [-0.1, -0.05) is 12.1 Å². The van der Waals surface area contributed by atoms with Crippen LogP contribution in [-0.2, 0) is 29.3 Å². The zero-order valence-electron chi connectivity index (χ0n) is 16.2. The maximum absolute atomic E-state index is 12.5. The fourth-order valence-electron chi connectivity index (χ4n) is 3.28. The Balaban J connectivity index is 1.62. The number of fused-ring (bicyclic) bond motifs is 1. The molecule has 9 heteroatoms. The van der Waals surface area contributed by atoms with Gasteiger partial charge in [0.25, 0.3) is 5.91 Å². The molecule has 2 heterocycles. The summed E-state index contributed by atoms with van der Waals surface area (Å²) in [7, 11) is -3.55. The first-order valence-electron chi connectivity index (χ1n) is 9.60. The monoisotopic (exact) mass is 406 g/mol. The SMILES string of the molecule is CC(C)S(=O)(=O)c1ccccc1C(=O)NCCCn1nc2n(c1=O)CCCC2. The Kier molecular flexibility index (Phi) is 6.02. The van der Waals surface area contributed by atoms with Crippen molar-refractivity contribution in [1.82, 2.24) is 19.7 Å². The third-order valence-electron chi connectivity index (χ3n) is 4.92. The van der Waals surface area contributed by atoms with E-state index in [0.29, 0.717) is 26.1 Å². The fourth-order valence-corrected chi connectivity index (χ4v) is 4.52. The molecule has 1 aromatic heterocycles. The summed E-state index contributed by atoms with van der Waals surface area (Å²) in [5, 5.41) is 6.50. The first kappa shape index (κ1) is 20.3. The first-order valence-corrected chi connectivity index (χ1v) is 11.1. The summed E-state index contributed by atoms with van der Waals surface area (Å²) in [6.45, 7) is 4.62. The van der Waals surface area contributed by atoms with Crippen molar-refractivity contribution >= 4 is 15.7 Å². The van der Waals surface area contributed by atoms with Crippen molar-refractivity contribution in [2.75, 3.05) is 6.54 Å². The molecule has 0 bridgehead atoms. The van der Waals surface area contributed by atoms with Crippen LogP contribution in [0.2, 0.25) is 0 Å². The largest absolute Gasteiger partial charge is 0.352 e. The Bertz CT molecular complexity index is 1020. The maximum atomic E-state index is 12.5. The molecule has 2 aromatic rings. The number of benzene rings is 1. The van der Waals surface area contributed by atoms with Gasteiger partial charge in [0.2, 0.25) is 0 Å². The van der Waals surface area contributed by atoms with E-state index in [9.17, 15) is 18.0 Å². The highest BCUT2D eigenvalue weighted by atomic mass is 32.2. The predicted molar refractivity (Wildman–Crippen MR) is 105 cm³/mol. The van der Waals surface area contributed by atoms with Crippen LogP contribution in [0.4, 0.5) is 0 Å². The molecule has 0 atom stereocenters. The number of aromatic nitrogens is 3. The van der Waals surface area contributed by atoms with E-state index in [0.717, 1.165) is 25.1 Å². The normalized spacial score (nSPS) is 14.1. The molecule has 0 fully saturated rings. The van der Waals surface area contributed by atoms with Crippen LogP contribution in [0.5, 0.6) is 0 Å². The molecular weight excluding hydrogens is 380 g/mol. The third-order valence-corrected chi connectivity index (χ3v) is 7.13. The van der Waals surface area contributed by atoms with Crippen LogP contribution >= 0.6 is 0 Å². The van der Waals surface area contributed by atoms with Crippen LogP contribution in [0.3, 0.4) is 0 Å². The average Bonchev–Trinajstić information content (AvgIpc) is 3.01. The van der Waals surface area contributed by atoms with E-state index in [2.05, 4.69) is 10.4 Å². The van der Waals surface area contributed by atoms with Gasteiger partial charge in [0.15, 0.2) is 9.84 Å². The van der Waals surface area contributed by atoms with Gasteiger partial charge in [-0.25, -0.2) is 17.9 Å². The second-order valence-electron chi connectivity index (χ2n) is 7.23. The molecule has 0 saturated heterocycles. The van der Waals surface area contributed by atoms with Crippen molar-refractivity contribution in [2.45, 2.75) is 62.8 Å². The number of hydrogen-bond acceptors (Lipinski definition) is 5. The molecule has 3 rings (SSSR count). The van der Waals surface area contributed by atoms with Crippen molar-refractivity contribution < 1.29 is 13.2 Å². The quantitative estimate of drug-likeness (QED) is 0.700. The number of carbonyl (C=O) groups is 1. The number of nitrogens with one attached hydrogen (secondary N) is 1. The molecule has 0 radical (unpaired) electrons. The van der Waals surface area contributed by atoms with Gasteiger partial charge >= 0.3 is 5.69 Å². The van der Waals surface area contributed by atoms with E-state index in [1.807, 2.05) is 0 Å². The zero-order valence-corrected chi connectivity index (χ0v) is 17.0. The van der Waals surface area contributed by atoms with Gasteiger partial charge in [-0.15, -0.1) is 0 Å². The minimum atomic E-state index is -3.55. The van der Waals surface area contributed by atoms with E-state index < -0.39 is 21.0 Å². The summed E-state index contributed by atoms with van der Waals surface area (Å²) in [6, 6.07) is 6.22. The van der Waals surface area contributed by atoms with Crippen molar-refractivity contribution in [3.63, 3.8) is 0 Å². The standard InChI is InChI=1S/C19H26N4O4S/c1-14(2)28(26,27)16-9-4-3-8-15(16)18(24)20-11-7-13-23-19(25)22-12-6-5-10-17(22)21-23/h3-4,8-9,14H,5-7,10-13H2,1-2H3,(H,20,24). The molecule has 0 saturated carbocycles. The Morgan fingerprint density at radius 3 is 2.71 bits per heavy atom. The summed E-state index contributed by atoms with van der Waals surface area (Å²) in [5.74, 6) is 0.393. The number of rotatable bonds is 7. The maximum Gasteiger partial charge on any atom is 0.345 e. The summed E-state index contributed by atoms with van der Waals surface area (Å²) in [6.07, 6.45) is 3.39. The van der Waals surface area contributed by atoms with Crippen LogP contribution in [-0.4, -0.2) is 40.5 Å². The molecule has 1 N–H and O–H groups in total. The topological polar surface area (TPSA) is 103 Å². The lowest BCUT2D eigenvalue weighted by molar-refractivity contribution is 0.0949. The highest BCUT2D eigenvalue weighted by Crippen LogP contribution is 2.20. The zero-order chi connectivity index (χ0) is 20.3. The molecular formula is C19H26N4O4S. The van der Waals surface area contributed by atoms with Crippen LogP contribution < -0.4 is 11.0 Å². The van der Waals surface area contributed by atoms with Crippen molar-refractivity contribution in [2.24, 2.45) is 0 Å². The Hall–Kier alpha value is -2.42. The lowest BCUT2D eigenvalue weighted by atomic mass is 10.2. The fraction of sp³-hybridized carbons (Fsp3) is 0.526. The smallest absolute Gasteiger partial charge is 0.345 e. The number of nitrogens with zero attached hydrogens (tertiary/aromatic N) is 3. The Morgan fingerprint density at radius 2 is 2.00 bits per heavy atom. The summed E-state index contributed by atoms with van der Waals surface area (Å²) >= 11 is 0. The highest BCUT2D eigenvalue weighted by Gasteiger charge is 2.25. The van der Waals surface area contributed by atoms with Gasteiger partial charge in [0.1, 0.15) is 5.82 Å². The number of carbonyl (C=O) groups excluding carboxylic acids is 1. The minimum absolute atomic E-state index is 0.0421. The molecule has 28 heavy (non-hydrogen) atoms. The molecule has 1 aromatic carbocycles.